The highest BCUT2D eigenvalue weighted by atomic mass is 19.1. The molecule has 0 saturated heterocycles. The molecule has 31 heavy (non-hydrogen) atoms. The highest BCUT2D eigenvalue weighted by Gasteiger charge is 2.25. The Kier molecular flexibility index (Phi) is 7.59. The first kappa shape index (κ1) is 22.7. The topological polar surface area (TPSA) is 106 Å². The summed E-state index contributed by atoms with van der Waals surface area (Å²) in [6, 6.07) is 4.29. The van der Waals surface area contributed by atoms with E-state index in [4.69, 9.17) is 5.21 Å². The van der Waals surface area contributed by atoms with Crippen LogP contribution >= 0.6 is 0 Å². The van der Waals surface area contributed by atoms with E-state index < -0.39 is 0 Å². The maximum absolute atomic E-state index is 13.7. The van der Waals surface area contributed by atoms with E-state index >= 15 is 0 Å². The molecule has 0 atom stereocenters. The maximum Gasteiger partial charge on any atom is 0.256 e. The van der Waals surface area contributed by atoms with Gasteiger partial charge in [0.15, 0.2) is 0 Å². The van der Waals surface area contributed by atoms with Gasteiger partial charge in [0.05, 0.1) is 5.57 Å². The number of carbonyl (C=O) groups excluding carboxylic acids is 2. The average molecular weight is 429 g/mol. The lowest BCUT2D eigenvalue weighted by molar-refractivity contribution is -0.129. The number of hydroxylamine groups is 1. The van der Waals surface area contributed by atoms with Crippen LogP contribution in [-0.4, -0.2) is 28.6 Å². The number of aryl methyl sites for hydroxylation is 1. The third kappa shape index (κ3) is 5.59. The van der Waals surface area contributed by atoms with Gasteiger partial charge in [-0.3, -0.25) is 14.8 Å². The summed E-state index contributed by atoms with van der Waals surface area (Å²) in [5.74, 6) is -0.948. The number of carbonyl (C=O) groups is 2. The third-order valence-corrected chi connectivity index (χ3v) is 5.62. The van der Waals surface area contributed by atoms with E-state index in [2.05, 4.69) is 15.6 Å². The molecule has 3 rings (SSSR count). The van der Waals surface area contributed by atoms with Crippen LogP contribution in [0.15, 0.2) is 18.2 Å². The minimum absolute atomic E-state index is 0.233. The monoisotopic (exact) mass is 428 g/mol. The summed E-state index contributed by atoms with van der Waals surface area (Å²) in [6.07, 6.45) is 5.86. The van der Waals surface area contributed by atoms with E-state index in [1.807, 2.05) is 13.8 Å². The summed E-state index contributed by atoms with van der Waals surface area (Å²) in [6.45, 7) is 5.59. The molecular weight excluding hydrogens is 399 g/mol. The molecule has 0 aliphatic carbocycles. The lowest BCUT2D eigenvalue weighted by Gasteiger charge is -2.06. The number of H-pyrrole nitrogens is 1. The molecule has 0 unspecified atom stereocenters. The van der Waals surface area contributed by atoms with Crippen LogP contribution in [0.1, 0.15) is 60.2 Å². The number of hydrogen-bond acceptors (Lipinski definition) is 4. The van der Waals surface area contributed by atoms with E-state index in [0.29, 0.717) is 29.8 Å². The molecule has 7 nitrogen and oxygen atoms in total. The van der Waals surface area contributed by atoms with Crippen LogP contribution in [0.4, 0.5) is 10.1 Å². The Morgan fingerprint density at radius 1 is 1.19 bits per heavy atom. The van der Waals surface area contributed by atoms with Crippen LogP contribution in [-0.2, 0) is 16.1 Å². The molecule has 0 fully saturated rings. The van der Waals surface area contributed by atoms with Crippen LogP contribution < -0.4 is 16.1 Å². The zero-order valence-corrected chi connectivity index (χ0v) is 17.9. The molecule has 1 aromatic heterocycles. The molecule has 1 aromatic carbocycles. The van der Waals surface area contributed by atoms with Gasteiger partial charge < -0.3 is 15.6 Å². The van der Waals surface area contributed by atoms with Crippen LogP contribution in [0, 0.1) is 19.7 Å². The van der Waals surface area contributed by atoms with E-state index in [1.54, 1.807) is 17.6 Å². The lowest BCUT2D eigenvalue weighted by atomic mass is 10.0. The van der Waals surface area contributed by atoms with Crippen molar-refractivity contribution in [1.82, 2.24) is 15.8 Å². The zero-order chi connectivity index (χ0) is 22.4. The van der Waals surface area contributed by atoms with E-state index in [9.17, 15) is 14.0 Å². The van der Waals surface area contributed by atoms with Gasteiger partial charge in [-0.1, -0.05) is 12.8 Å². The Hall–Kier alpha value is -2.97. The molecule has 0 bridgehead atoms. The second-order valence-corrected chi connectivity index (χ2v) is 7.85. The second kappa shape index (κ2) is 10.4. The van der Waals surface area contributed by atoms with Crippen LogP contribution in [0.3, 0.4) is 0 Å². The summed E-state index contributed by atoms with van der Waals surface area (Å²) in [5.41, 5.74) is 7.39. The number of halogens is 1. The first-order chi connectivity index (χ1) is 14.9. The quantitative estimate of drug-likeness (QED) is 0.172. The largest absolute Gasteiger partial charge is 0.359 e. The maximum atomic E-state index is 13.7. The highest BCUT2D eigenvalue weighted by Crippen LogP contribution is 2.34. The predicted octanol–water partition coefficient (Wildman–Crippen LogP) is 3.81. The molecular formula is C23H29FN4O3. The second-order valence-electron chi connectivity index (χ2n) is 7.85. The number of nitrogens with one attached hydrogen (secondary N) is 4. The van der Waals surface area contributed by atoms with Gasteiger partial charge in [0.25, 0.3) is 5.91 Å². The first-order valence-corrected chi connectivity index (χ1v) is 10.6. The number of benzene rings is 1. The van der Waals surface area contributed by atoms with Crippen molar-refractivity contribution in [2.75, 3.05) is 11.9 Å². The van der Waals surface area contributed by atoms with Crippen molar-refractivity contribution >= 4 is 29.2 Å². The van der Waals surface area contributed by atoms with Crippen molar-refractivity contribution in [3.05, 3.63) is 52.1 Å². The van der Waals surface area contributed by atoms with Gasteiger partial charge in [-0.2, -0.15) is 0 Å². The number of fused-ring (bicyclic) bond motifs is 1. The van der Waals surface area contributed by atoms with Gasteiger partial charge >= 0.3 is 0 Å². The number of unbranched alkanes of at least 4 members (excludes halogenated alkanes) is 3. The summed E-state index contributed by atoms with van der Waals surface area (Å²) in [5, 5.41) is 14.7. The summed E-state index contributed by atoms with van der Waals surface area (Å²) in [4.78, 5) is 26.7. The predicted molar refractivity (Wildman–Crippen MR) is 118 cm³/mol. The number of aromatic amines is 1. The smallest absolute Gasteiger partial charge is 0.256 e. The summed E-state index contributed by atoms with van der Waals surface area (Å²) < 4.78 is 13.7. The number of hydrogen-bond donors (Lipinski definition) is 5. The molecule has 5 N–H and O–H groups in total. The van der Waals surface area contributed by atoms with Gasteiger partial charge in [0, 0.05) is 35.6 Å². The van der Waals surface area contributed by atoms with E-state index in [-0.39, 0.29) is 17.6 Å². The minimum atomic E-state index is -0.373. The van der Waals surface area contributed by atoms with Crippen LogP contribution in [0.2, 0.25) is 0 Å². The van der Waals surface area contributed by atoms with Gasteiger partial charge in [-0.05, 0) is 68.6 Å². The SMILES string of the molecule is Cc1[nH]c(C=C2C(=O)Nc3ccc(F)cc32)c(C)c1CNCCCCCCC(=O)NO. The summed E-state index contributed by atoms with van der Waals surface area (Å²) >= 11 is 0. The average Bonchev–Trinajstić information content (AvgIpc) is 3.19. The molecule has 1 aliphatic heterocycles. The normalized spacial score (nSPS) is 14.1. The van der Waals surface area contributed by atoms with E-state index in [0.717, 1.165) is 54.7 Å². The number of amides is 2. The van der Waals surface area contributed by atoms with Crippen LogP contribution in [0.25, 0.3) is 11.6 Å². The Bertz CT molecular complexity index is 997. The van der Waals surface area contributed by atoms with Gasteiger partial charge in [-0.15, -0.1) is 0 Å². The summed E-state index contributed by atoms with van der Waals surface area (Å²) in [7, 11) is 0. The van der Waals surface area contributed by atoms with Crippen molar-refractivity contribution in [2.45, 2.75) is 52.5 Å². The molecule has 0 spiro atoms. The van der Waals surface area contributed by atoms with Crippen molar-refractivity contribution in [1.29, 1.82) is 0 Å². The zero-order valence-electron chi connectivity index (χ0n) is 17.9. The lowest BCUT2D eigenvalue weighted by Crippen LogP contribution is -2.18. The molecule has 2 heterocycles. The van der Waals surface area contributed by atoms with Crippen molar-refractivity contribution in [3.63, 3.8) is 0 Å². The van der Waals surface area contributed by atoms with Gasteiger partial charge in [0.2, 0.25) is 5.91 Å². The highest BCUT2D eigenvalue weighted by molar-refractivity contribution is 6.34. The molecule has 8 heteroatoms. The minimum Gasteiger partial charge on any atom is -0.359 e. The van der Waals surface area contributed by atoms with Crippen LogP contribution in [0.5, 0.6) is 0 Å². The molecule has 166 valence electrons. The van der Waals surface area contributed by atoms with Gasteiger partial charge in [0.1, 0.15) is 5.82 Å². The van der Waals surface area contributed by atoms with Crippen molar-refractivity contribution in [3.8, 4) is 0 Å². The first-order valence-electron chi connectivity index (χ1n) is 10.6. The Morgan fingerprint density at radius 3 is 2.74 bits per heavy atom. The Morgan fingerprint density at radius 2 is 1.97 bits per heavy atom. The van der Waals surface area contributed by atoms with Crippen molar-refractivity contribution < 1.29 is 19.2 Å². The molecule has 2 aromatic rings. The Balaban J connectivity index is 1.56. The fourth-order valence-electron chi connectivity index (χ4n) is 3.83. The third-order valence-electron chi connectivity index (χ3n) is 5.62. The van der Waals surface area contributed by atoms with Gasteiger partial charge in [-0.25, -0.2) is 9.87 Å². The molecule has 0 saturated carbocycles. The standard InChI is InChI=1S/C23H29FN4O3/c1-14-19(13-25-10-6-4-3-5-7-22(29)28-31)15(2)26-21(14)12-18-17-11-16(24)8-9-20(17)27-23(18)30/h8-9,11-12,25-26,31H,3-7,10,13H2,1-2H3,(H,27,30)(H,28,29). The number of rotatable bonds is 10. The fourth-order valence-corrected chi connectivity index (χ4v) is 3.83. The number of aromatic nitrogens is 1. The van der Waals surface area contributed by atoms with E-state index in [1.165, 1.54) is 12.1 Å². The molecule has 0 radical (unpaired) electrons. The van der Waals surface area contributed by atoms with Crippen molar-refractivity contribution in [2.24, 2.45) is 0 Å². The molecule has 2 amide bonds. The number of anilines is 1. The molecule has 1 aliphatic rings. The Labute approximate surface area is 181 Å². The fraction of sp³-hybridized carbons (Fsp3) is 0.391.